The molecule has 22 heavy (non-hydrogen) atoms. The smallest absolute Gasteiger partial charge is 0.322 e. The first-order chi connectivity index (χ1) is 10.7. The van der Waals surface area contributed by atoms with Crippen molar-refractivity contribution in [1.29, 1.82) is 0 Å². The number of morpholine rings is 1. The Hall–Kier alpha value is -1.63. The van der Waals surface area contributed by atoms with Crippen molar-refractivity contribution in [2.45, 2.75) is 19.6 Å². The molecule has 0 spiro atoms. The minimum Gasteiger partial charge on any atom is -0.382 e. The van der Waals surface area contributed by atoms with E-state index in [0.29, 0.717) is 39.5 Å². The zero-order valence-electron chi connectivity index (χ0n) is 13.2. The Morgan fingerprint density at radius 2 is 2.32 bits per heavy atom. The number of urea groups is 1. The number of anilines is 1. The number of nitrogens with one attached hydrogen (secondary N) is 1. The van der Waals surface area contributed by atoms with Crippen LogP contribution in [0, 0.1) is 0 Å². The Balaban J connectivity index is 1.85. The molecule has 0 aromatic heterocycles. The van der Waals surface area contributed by atoms with Gasteiger partial charge in [0, 0.05) is 25.9 Å². The largest absolute Gasteiger partial charge is 0.382 e. The third-order valence-electron chi connectivity index (χ3n) is 3.41. The molecule has 0 bridgehead atoms. The van der Waals surface area contributed by atoms with Gasteiger partial charge in [-0.25, -0.2) is 4.79 Å². The molecule has 1 fully saturated rings. The molecule has 1 heterocycles. The van der Waals surface area contributed by atoms with Gasteiger partial charge in [-0.3, -0.25) is 0 Å². The van der Waals surface area contributed by atoms with Crippen molar-refractivity contribution >= 4 is 11.7 Å². The summed E-state index contributed by atoms with van der Waals surface area (Å²) < 4.78 is 15.9. The maximum atomic E-state index is 12.2. The van der Waals surface area contributed by atoms with Gasteiger partial charge in [0.05, 0.1) is 32.5 Å². The predicted octanol–water partition coefficient (Wildman–Crippen LogP) is 2.10. The number of methoxy groups -OCH3 is 1. The zero-order valence-corrected chi connectivity index (χ0v) is 13.2. The molecule has 1 N–H and O–H groups in total. The van der Waals surface area contributed by atoms with Crippen LogP contribution >= 0.6 is 0 Å². The minimum atomic E-state index is -0.0902. The van der Waals surface area contributed by atoms with Crippen LogP contribution in [0.15, 0.2) is 24.3 Å². The quantitative estimate of drug-likeness (QED) is 0.818. The van der Waals surface area contributed by atoms with Gasteiger partial charge in [0.2, 0.25) is 0 Å². The number of hydrogen-bond donors (Lipinski definition) is 1. The van der Waals surface area contributed by atoms with Crippen molar-refractivity contribution in [1.82, 2.24) is 4.90 Å². The molecule has 2 rings (SSSR count). The van der Waals surface area contributed by atoms with Gasteiger partial charge in [0.1, 0.15) is 0 Å². The fraction of sp³-hybridized carbons (Fsp3) is 0.562. The van der Waals surface area contributed by atoms with Gasteiger partial charge in [-0.1, -0.05) is 12.1 Å². The van der Waals surface area contributed by atoms with Gasteiger partial charge >= 0.3 is 6.03 Å². The molecule has 1 aliphatic heterocycles. The summed E-state index contributed by atoms with van der Waals surface area (Å²) in [5, 5.41) is 2.93. The summed E-state index contributed by atoms with van der Waals surface area (Å²) in [6.45, 7) is 5.42. The normalized spacial score (nSPS) is 18.3. The number of carbonyl (C=O) groups is 1. The first-order valence-corrected chi connectivity index (χ1v) is 7.52. The molecule has 0 unspecified atom stereocenters. The van der Waals surface area contributed by atoms with E-state index < -0.39 is 0 Å². The topological polar surface area (TPSA) is 60.0 Å². The van der Waals surface area contributed by atoms with E-state index in [-0.39, 0.29) is 12.1 Å². The number of carbonyl (C=O) groups excluding carboxylic acids is 1. The second-order valence-electron chi connectivity index (χ2n) is 5.30. The zero-order chi connectivity index (χ0) is 15.8. The molecule has 1 aliphatic rings. The van der Waals surface area contributed by atoms with E-state index in [1.807, 2.05) is 31.2 Å². The van der Waals surface area contributed by atoms with Gasteiger partial charge in [-0.2, -0.15) is 0 Å². The highest BCUT2D eigenvalue weighted by Crippen LogP contribution is 2.13. The fourth-order valence-corrected chi connectivity index (χ4v) is 2.28. The lowest BCUT2D eigenvalue weighted by Gasteiger charge is -2.31. The minimum absolute atomic E-state index is 0.0834. The third-order valence-corrected chi connectivity index (χ3v) is 3.41. The van der Waals surface area contributed by atoms with Crippen LogP contribution in [-0.4, -0.2) is 57.1 Å². The van der Waals surface area contributed by atoms with Crippen molar-refractivity contribution in [2.24, 2.45) is 0 Å². The van der Waals surface area contributed by atoms with Crippen LogP contribution in [0.1, 0.15) is 12.5 Å². The molecule has 1 saturated heterocycles. The summed E-state index contributed by atoms with van der Waals surface area (Å²) in [4.78, 5) is 14.0. The molecule has 122 valence electrons. The number of ether oxygens (including phenoxy) is 3. The van der Waals surface area contributed by atoms with Crippen LogP contribution in [0.2, 0.25) is 0 Å². The van der Waals surface area contributed by atoms with Gasteiger partial charge in [-0.15, -0.1) is 0 Å². The van der Waals surface area contributed by atoms with E-state index in [1.165, 1.54) is 0 Å². The van der Waals surface area contributed by atoms with Crippen LogP contribution in [0.3, 0.4) is 0 Å². The van der Waals surface area contributed by atoms with Crippen LogP contribution in [0.25, 0.3) is 0 Å². The van der Waals surface area contributed by atoms with Crippen molar-refractivity contribution in [3.63, 3.8) is 0 Å². The Labute approximate surface area is 131 Å². The Kier molecular flexibility index (Phi) is 6.64. The van der Waals surface area contributed by atoms with E-state index in [1.54, 1.807) is 12.0 Å². The molecule has 1 atom stereocenters. The summed E-state index contributed by atoms with van der Waals surface area (Å²) >= 11 is 0. The molecule has 0 aliphatic carbocycles. The standard InChI is InChI=1S/C16H24N2O4/c1-13-11-18(6-7-22-13)16(19)17-15-5-3-4-14(10-15)12-21-9-8-20-2/h3-5,10,13H,6-9,11-12H2,1-2H3,(H,17,19)/t13-/m0/s1. The number of nitrogens with zero attached hydrogens (tertiary/aromatic N) is 1. The number of rotatable bonds is 6. The van der Waals surface area contributed by atoms with Crippen LogP contribution < -0.4 is 5.32 Å². The molecule has 1 aromatic rings. The van der Waals surface area contributed by atoms with Crippen molar-refractivity contribution in [2.75, 3.05) is 45.3 Å². The maximum Gasteiger partial charge on any atom is 0.322 e. The van der Waals surface area contributed by atoms with Crippen molar-refractivity contribution in [3.8, 4) is 0 Å². The van der Waals surface area contributed by atoms with Gasteiger partial charge in [-0.05, 0) is 24.6 Å². The molecule has 2 amide bonds. The number of amides is 2. The van der Waals surface area contributed by atoms with E-state index in [9.17, 15) is 4.79 Å². The first kappa shape index (κ1) is 16.7. The average Bonchev–Trinajstić information content (AvgIpc) is 2.52. The predicted molar refractivity (Wildman–Crippen MR) is 84.0 cm³/mol. The Morgan fingerprint density at radius 3 is 3.09 bits per heavy atom. The van der Waals surface area contributed by atoms with Gasteiger partial charge in [0.15, 0.2) is 0 Å². The van der Waals surface area contributed by atoms with Crippen LogP contribution in [-0.2, 0) is 20.8 Å². The summed E-state index contributed by atoms with van der Waals surface area (Å²) in [6, 6.07) is 7.59. The first-order valence-electron chi connectivity index (χ1n) is 7.52. The summed E-state index contributed by atoms with van der Waals surface area (Å²) in [7, 11) is 1.64. The van der Waals surface area contributed by atoms with Crippen molar-refractivity contribution in [3.05, 3.63) is 29.8 Å². The van der Waals surface area contributed by atoms with E-state index in [4.69, 9.17) is 14.2 Å². The second-order valence-corrected chi connectivity index (χ2v) is 5.30. The number of hydrogen-bond acceptors (Lipinski definition) is 4. The molecule has 0 radical (unpaired) electrons. The van der Waals surface area contributed by atoms with Crippen LogP contribution in [0.4, 0.5) is 10.5 Å². The molecule has 1 aromatic carbocycles. The van der Waals surface area contributed by atoms with Gasteiger partial charge in [0.25, 0.3) is 0 Å². The van der Waals surface area contributed by atoms with Crippen LogP contribution in [0.5, 0.6) is 0 Å². The van der Waals surface area contributed by atoms with E-state index in [2.05, 4.69) is 5.32 Å². The molecule has 6 nitrogen and oxygen atoms in total. The average molecular weight is 308 g/mol. The maximum absolute atomic E-state index is 12.2. The third kappa shape index (κ3) is 5.29. The Morgan fingerprint density at radius 1 is 1.45 bits per heavy atom. The van der Waals surface area contributed by atoms with Gasteiger partial charge < -0.3 is 24.4 Å². The second kappa shape index (κ2) is 8.73. The van der Waals surface area contributed by atoms with E-state index >= 15 is 0 Å². The SMILES string of the molecule is COCCOCc1cccc(NC(=O)N2CCO[C@@H](C)C2)c1. The molecular formula is C16H24N2O4. The Bertz CT molecular complexity index is 481. The van der Waals surface area contributed by atoms with E-state index in [0.717, 1.165) is 11.3 Å². The summed E-state index contributed by atoms with van der Waals surface area (Å²) in [5.41, 5.74) is 1.79. The highest BCUT2D eigenvalue weighted by atomic mass is 16.5. The highest BCUT2D eigenvalue weighted by Gasteiger charge is 2.21. The summed E-state index contributed by atoms with van der Waals surface area (Å²) in [6.07, 6.45) is 0.0834. The lowest BCUT2D eigenvalue weighted by atomic mass is 10.2. The lowest BCUT2D eigenvalue weighted by molar-refractivity contribution is -0.00138. The fourth-order valence-electron chi connectivity index (χ4n) is 2.28. The monoisotopic (exact) mass is 308 g/mol. The number of benzene rings is 1. The molecule has 6 heteroatoms. The molecular weight excluding hydrogens is 284 g/mol. The summed E-state index contributed by atoms with van der Waals surface area (Å²) in [5.74, 6) is 0. The lowest BCUT2D eigenvalue weighted by Crippen LogP contribution is -2.46. The van der Waals surface area contributed by atoms with Crippen molar-refractivity contribution < 1.29 is 19.0 Å². The molecule has 0 saturated carbocycles. The highest BCUT2D eigenvalue weighted by molar-refractivity contribution is 5.89.